The normalized spacial score (nSPS) is 10.7. The van der Waals surface area contributed by atoms with Crippen LogP contribution in [0.3, 0.4) is 0 Å². The third-order valence-corrected chi connectivity index (χ3v) is 4.05. The highest BCUT2D eigenvalue weighted by Gasteiger charge is 2.11. The van der Waals surface area contributed by atoms with Crippen molar-refractivity contribution in [2.75, 3.05) is 7.11 Å². The SMILES string of the molecule is C#CCCCCCCCn1nc(C)c2ccc(C(=O)OC)cc21. The summed E-state index contributed by atoms with van der Waals surface area (Å²) in [6.45, 7) is 2.86. The third kappa shape index (κ3) is 4.35. The first-order chi connectivity index (χ1) is 11.2. The zero-order chi connectivity index (χ0) is 16.7. The molecule has 4 nitrogen and oxygen atoms in total. The number of hydrogen-bond donors (Lipinski definition) is 0. The summed E-state index contributed by atoms with van der Waals surface area (Å²) in [5.41, 5.74) is 2.55. The van der Waals surface area contributed by atoms with Gasteiger partial charge in [0.2, 0.25) is 0 Å². The molecule has 2 aromatic rings. The molecule has 2 rings (SSSR count). The van der Waals surface area contributed by atoms with Gasteiger partial charge in [0.05, 0.1) is 23.9 Å². The summed E-state index contributed by atoms with van der Waals surface area (Å²) in [4.78, 5) is 11.7. The molecule has 0 spiro atoms. The van der Waals surface area contributed by atoms with E-state index in [0.29, 0.717) is 5.56 Å². The number of terminal acetylenes is 1. The highest BCUT2D eigenvalue weighted by atomic mass is 16.5. The summed E-state index contributed by atoms with van der Waals surface area (Å²) in [5, 5.41) is 5.69. The fraction of sp³-hybridized carbons (Fsp3) is 0.474. The van der Waals surface area contributed by atoms with Crippen LogP contribution in [0.5, 0.6) is 0 Å². The summed E-state index contributed by atoms with van der Waals surface area (Å²) < 4.78 is 6.79. The van der Waals surface area contributed by atoms with Crippen LogP contribution >= 0.6 is 0 Å². The Balaban J connectivity index is 2.00. The molecule has 0 aliphatic carbocycles. The second-order valence-corrected chi connectivity index (χ2v) is 5.75. The first-order valence-corrected chi connectivity index (χ1v) is 8.16. The summed E-state index contributed by atoms with van der Waals surface area (Å²) in [5.74, 6) is 2.36. The standard InChI is InChI=1S/C19H24N2O2/c1-4-5-6-7-8-9-10-13-21-18-14-16(19(22)23-3)11-12-17(18)15(2)20-21/h1,11-12,14H,5-10,13H2,2-3H3. The van der Waals surface area contributed by atoms with E-state index in [1.165, 1.54) is 26.4 Å². The average molecular weight is 312 g/mol. The number of unbranched alkanes of at least 4 members (excludes halogenated alkanes) is 5. The Morgan fingerprint density at radius 3 is 2.74 bits per heavy atom. The molecule has 4 heteroatoms. The van der Waals surface area contributed by atoms with Crippen molar-refractivity contribution >= 4 is 16.9 Å². The number of ether oxygens (including phenoxy) is 1. The largest absolute Gasteiger partial charge is 0.465 e. The van der Waals surface area contributed by atoms with E-state index >= 15 is 0 Å². The number of carbonyl (C=O) groups excluding carboxylic acids is 1. The monoisotopic (exact) mass is 312 g/mol. The molecule has 23 heavy (non-hydrogen) atoms. The quantitative estimate of drug-likeness (QED) is 0.419. The third-order valence-electron chi connectivity index (χ3n) is 4.05. The van der Waals surface area contributed by atoms with E-state index < -0.39 is 0 Å². The molecular weight excluding hydrogens is 288 g/mol. The molecule has 0 atom stereocenters. The van der Waals surface area contributed by atoms with Gasteiger partial charge in [0.25, 0.3) is 0 Å². The van der Waals surface area contributed by atoms with Crippen molar-refractivity contribution in [2.45, 2.75) is 52.0 Å². The Morgan fingerprint density at radius 2 is 2.00 bits per heavy atom. The molecule has 0 aliphatic heterocycles. The number of aromatic nitrogens is 2. The Bertz CT molecular complexity index is 710. The lowest BCUT2D eigenvalue weighted by Crippen LogP contribution is -2.03. The topological polar surface area (TPSA) is 44.1 Å². The molecule has 0 aliphatic rings. The number of benzene rings is 1. The van der Waals surface area contributed by atoms with Crippen LogP contribution in [0.1, 0.15) is 54.6 Å². The zero-order valence-corrected chi connectivity index (χ0v) is 14.0. The summed E-state index contributed by atoms with van der Waals surface area (Å²) in [6.07, 6.45) is 11.9. The molecule has 1 heterocycles. The van der Waals surface area contributed by atoms with Crippen LogP contribution in [0.25, 0.3) is 10.9 Å². The summed E-state index contributed by atoms with van der Waals surface area (Å²) >= 11 is 0. The first-order valence-electron chi connectivity index (χ1n) is 8.16. The Hall–Kier alpha value is -2.28. The molecule has 0 radical (unpaired) electrons. The molecule has 0 bridgehead atoms. The minimum Gasteiger partial charge on any atom is -0.465 e. The van der Waals surface area contributed by atoms with Gasteiger partial charge in [-0.15, -0.1) is 12.3 Å². The number of methoxy groups -OCH3 is 1. The van der Waals surface area contributed by atoms with Crippen molar-refractivity contribution in [1.29, 1.82) is 0 Å². The Labute approximate surface area is 137 Å². The predicted octanol–water partition coefficient (Wildman–Crippen LogP) is 4.11. The number of esters is 1. The van der Waals surface area contributed by atoms with Crippen LogP contribution < -0.4 is 0 Å². The van der Waals surface area contributed by atoms with E-state index in [9.17, 15) is 4.79 Å². The van der Waals surface area contributed by atoms with Crippen LogP contribution in [0.15, 0.2) is 18.2 Å². The van der Waals surface area contributed by atoms with Gasteiger partial charge in [0.1, 0.15) is 0 Å². The molecule has 122 valence electrons. The smallest absolute Gasteiger partial charge is 0.337 e. The molecule has 0 N–H and O–H groups in total. The van der Waals surface area contributed by atoms with E-state index in [1.807, 2.05) is 23.7 Å². The van der Waals surface area contributed by atoms with Crippen LogP contribution in [-0.4, -0.2) is 22.9 Å². The first kappa shape index (κ1) is 17.1. The van der Waals surface area contributed by atoms with Crippen molar-refractivity contribution in [3.05, 3.63) is 29.5 Å². The van der Waals surface area contributed by atoms with Gasteiger partial charge < -0.3 is 4.74 Å². The second-order valence-electron chi connectivity index (χ2n) is 5.75. The number of hydrogen-bond acceptors (Lipinski definition) is 3. The van der Waals surface area contributed by atoms with Crippen molar-refractivity contribution in [3.63, 3.8) is 0 Å². The minimum absolute atomic E-state index is 0.314. The lowest BCUT2D eigenvalue weighted by atomic mass is 10.1. The maximum absolute atomic E-state index is 11.7. The Kier molecular flexibility index (Phi) is 6.22. The van der Waals surface area contributed by atoms with Gasteiger partial charge in [-0.05, 0) is 31.9 Å². The lowest BCUT2D eigenvalue weighted by Gasteiger charge is -2.05. The minimum atomic E-state index is -0.314. The number of rotatable bonds is 8. The molecule has 0 unspecified atom stereocenters. The second kappa shape index (κ2) is 8.38. The summed E-state index contributed by atoms with van der Waals surface area (Å²) in [6, 6.07) is 5.60. The van der Waals surface area contributed by atoms with Crippen LogP contribution in [0.2, 0.25) is 0 Å². The van der Waals surface area contributed by atoms with Crippen LogP contribution in [-0.2, 0) is 11.3 Å². The molecule has 1 aromatic heterocycles. The van der Waals surface area contributed by atoms with Crippen molar-refractivity contribution in [1.82, 2.24) is 9.78 Å². The van der Waals surface area contributed by atoms with Gasteiger partial charge >= 0.3 is 5.97 Å². The van der Waals surface area contributed by atoms with Gasteiger partial charge in [-0.25, -0.2) is 4.79 Å². The van der Waals surface area contributed by atoms with E-state index in [-0.39, 0.29) is 5.97 Å². The van der Waals surface area contributed by atoms with Gasteiger partial charge in [-0.1, -0.05) is 25.3 Å². The maximum Gasteiger partial charge on any atom is 0.337 e. The highest BCUT2D eigenvalue weighted by molar-refractivity contribution is 5.95. The number of aryl methyl sites for hydroxylation is 2. The predicted molar refractivity (Wildman–Crippen MR) is 92.3 cm³/mol. The zero-order valence-electron chi connectivity index (χ0n) is 14.0. The van der Waals surface area contributed by atoms with E-state index in [1.54, 1.807) is 6.07 Å². The number of nitrogens with zero attached hydrogens (tertiary/aromatic N) is 2. The molecule has 0 fully saturated rings. The van der Waals surface area contributed by atoms with Gasteiger partial charge in [0, 0.05) is 18.4 Å². The molecule has 0 saturated carbocycles. The molecule has 0 saturated heterocycles. The molecular formula is C19H24N2O2. The van der Waals surface area contributed by atoms with Crippen LogP contribution in [0.4, 0.5) is 0 Å². The maximum atomic E-state index is 11.7. The fourth-order valence-electron chi connectivity index (χ4n) is 2.77. The van der Waals surface area contributed by atoms with E-state index in [2.05, 4.69) is 11.0 Å². The van der Waals surface area contributed by atoms with Gasteiger partial charge in [0.15, 0.2) is 0 Å². The van der Waals surface area contributed by atoms with Crippen molar-refractivity contribution < 1.29 is 9.53 Å². The average Bonchev–Trinajstić information content (AvgIpc) is 2.89. The fourth-order valence-corrected chi connectivity index (χ4v) is 2.77. The number of fused-ring (bicyclic) bond motifs is 1. The molecule has 1 aromatic carbocycles. The highest BCUT2D eigenvalue weighted by Crippen LogP contribution is 2.21. The lowest BCUT2D eigenvalue weighted by molar-refractivity contribution is 0.0601. The van der Waals surface area contributed by atoms with Gasteiger partial charge in [-0.2, -0.15) is 5.10 Å². The van der Waals surface area contributed by atoms with Crippen LogP contribution in [0, 0.1) is 19.3 Å². The van der Waals surface area contributed by atoms with Gasteiger partial charge in [-0.3, -0.25) is 4.68 Å². The molecule has 0 amide bonds. The number of carbonyl (C=O) groups is 1. The van der Waals surface area contributed by atoms with Crippen molar-refractivity contribution in [3.8, 4) is 12.3 Å². The van der Waals surface area contributed by atoms with E-state index in [4.69, 9.17) is 11.2 Å². The van der Waals surface area contributed by atoms with E-state index in [0.717, 1.165) is 42.4 Å². The summed E-state index contributed by atoms with van der Waals surface area (Å²) in [7, 11) is 1.40. The van der Waals surface area contributed by atoms with Crippen molar-refractivity contribution in [2.24, 2.45) is 0 Å². The Morgan fingerprint density at radius 1 is 1.26 bits per heavy atom.